The van der Waals surface area contributed by atoms with E-state index >= 15 is 0 Å². The first kappa shape index (κ1) is 16.1. The number of hydrogen-bond acceptors (Lipinski definition) is 4. The molecule has 100 valence electrons. The van der Waals surface area contributed by atoms with Crippen LogP contribution in [0.1, 0.15) is 19.3 Å². The highest BCUT2D eigenvalue weighted by molar-refractivity contribution is 5.78. The summed E-state index contributed by atoms with van der Waals surface area (Å²) in [6.07, 6.45) is 3.56. The van der Waals surface area contributed by atoms with Gasteiger partial charge in [0.25, 0.3) is 0 Å². The van der Waals surface area contributed by atoms with Gasteiger partial charge in [0.1, 0.15) is 12.8 Å². The van der Waals surface area contributed by atoms with E-state index in [0.29, 0.717) is 18.7 Å². The van der Waals surface area contributed by atoms with Crippen LogP contribution < -0.4 is 10.6 Å². The van der Waals surface area contributed by atoms with Gasteiger partial charge in [0.05, 0.1) is 0 Å². The molecule has 0 radical (unpaired) electrons. The van der Waals surface area contributed by atoms with E-state index in [1.54, 1.807) is 0 Å². The van der Waals surface area contributed by atoms with Crippen LogP contribution in [-0.2, 0) is 9.59 Å². The minimum atomic E-state index is -0.256. The van der Waals surface area contributed by atoms with Gasteiger partial charge in [-0.25, -0.2) is 0 Å². The number of carbonyl (C=O) groups is 2. The van der Waals surface area contributed by atoms with Crippen molar-refractivity contribution in [3.8, 4) is 0 Å². The Bertz CT molecular complexity index is 323. The first-order valence-electron chi connectivity index (χ1n) is 5.82. The SMILES string of the molecule is C=C(C=O)CNCCCCCNC(=O)CN=[N+]=[N-]. The highest BCUT2D eigenvalue weighted by Gasteiger charge is 1.97. The molecule has 0 rings (SSSR count). The molecule has 18 heavy (non-hydrogen) atoms. The van der Waals surface area contributed by atoms with E-state index in [4.69, 9.17) is 5.53 Å². The molecule has 0 aliphatic heterocycles. The lowest BCUT2D eigenvalue weighted by Gasteiger charge is -2.04. The standard InChI is InChI=1S/C11H19N5O2/c1-10(9-17)7-13-5-3-2-4-6-14-11(18)8-15-16-12/h9,13H,1-8H2,(H,14,18). The molecule has 0 aromatic carbocycles. The second-order valence-electron chi connectivity index (χ2n) is 3.75. The summed E-state index contributed by atoms with van der Waals surface area (Å²) < 4.78 is 0. The Morgan fingerprint density at radius 3 is 2.72 bits per heavy atom. The molecule has 0 aromatic heterocycles. The number of nitrogens with one attached hydrogen (secondary N) is 2. The van der Waals surface area contributed by atoms with Crippen LogP contribution in [0.15, 0.2) is 17.3 Å². The second kappa shape index (κ2) is 11.6. The maximum Gasteiger partial charge on any atom is 0.225 e. The first-order valence-corrected chi connectivity index (χ1v) is 5.82. The van der Waals surface area contributed by atoms with Crippen molar-refractivity contribution < 1.29 is 9.59 Å². The van der Waals surface area contributed by atoms with Gasteiger partial charge in [-0.3, -0.25) is 9.59 Å². The maximum absolute atomic E-state index is 11.0. The van der Waals surface area contributed by atoms with Crippen molar-refractivity contribution in [3.63, 3.8) is 0 Å². The lowest BCUT2D eigenvalue weighted by Crippen LogP contribution is -2.26. The van der Waals surface area contributed by atoms with Crippen molar-refractivity contribution in [3.05, 3.63) is 22.6 Å². The zero-order valence-corrected chi connectivity index (χ0v) is 10.4. The van der Waals surface area contributed by atoms with Crippen molar-refractivity contribution in [2.45, 2.75) is 19.3 Å². The Labute approximate surface area is 106 Å². The van der Waals surface area contributed by atoms with Gasteiger partial charge >= 0.3 is 0 Å². The molecule has 0 fully saturated rings. The third-order valence-electron chi connectivity index (χ3n) is 2.15. The van der Waals surface area contributed by atoms with E-state index in [0.717, 1.165) is 32.1 Å². The minimum absolute atomic E-state index is 0.147. The molecule has 0 atom stereocenters. The Kier molecular flexibility index (Phi) is 10.4. The normalized spacial score (nSPS) is 9.33. The van der Waals surface area contributed by atoms with E-state index in [9.17, 15) is 9.59 Å². The zero-order valence-electron chi connectivity index (χ0n) is 10.4. The van der Waals surface area contributed by atoms with Crippen molar-refractivity contribution in [2.24, 2.45) is 5.11 Å². The van der Waals surface area contributed by atoms with Gasteiger partial charge in [0.15, 0.2) is 0 Å². The molecule has 0 aliphatic rings. The molecule has 7 heteroatoms. The molecule has 0 aliphatic carbocycles. The summed E-state index contributed by atoms with van der Waals surface area (Å²) in [5, 5.41) is 8.90. The van der Waals surface area contributed by atoms with Crippen molar-refractivity contribution in [1.29, 1.82) is 0 Å². The van der Waals surface area contributed by atoms with E-state index in [-0.39, 0.29) is 12.5 Å². The summed E-state index contributed by atoms with van der Waals surface area (Å²) in [4.78, 5) is 23.8. The predicted octanol–water partition coefficient (Wildman–Crippen LogP) is 0.928. The third kappa shape index (κ3) is 10.7. The molecule has 0 aromatic rings. The van der Waals surface area contributed by atoms with Crippen LogP contribution in [0.4, 0.5) is 0 Å². The monoisotopic (exact) mass is 253 g/mol. The van der Waals surface area contributed by atoms with Crippen LogP contribution in [-0.4, -0.2) is 38.4 Å². The largest absolute Gasteiger partial charge is 0.356 e. The number of azide groups is 1. The van der Waals surface area contributed by atoms with Gasteiger partial charge < -0.3 is 10.6 Å². The topological polar surface area (TPSA) is 107 Å². The van der Waals surface area contributed by atoms with E-state index in [1.165, 1.54) is 0 Å². The van der Waals surface area contributed by atoms with Crippen LogP contribution in [0, 0.1) is 0 Å². The highest BCUT2D eigenvalue weighted by Crippen LogP contribution is 1.92. The van der Waals surface area contributed by atoms with E-state index in [1.807, 2.05) is 0 Å². The fourth-order valence-corrected chi connectivity index (χ4v) is 1.22. The summed E-state index contributed by atoms with van der Waals surface area (Å²) in [6, 6.07) is 0. The van der Waals surface area contributed by atoms with Gasteiger partial charge in [-0.2, -0.15) is 0 Å². The second-order valence-corrected chi connectivity index (χ2v) is 3.75. The summed E-state index contributed by atoms with van der Waals surface area (Å²) in [7, 11) is 0. The minimum Gasteiger partial charge on any atom is -0.356 e. The van der Waals surface area contributed by atoms with Crippen LogP contribution >= 0.6 is 0 Å². The summed E-state index contributed by atoms with van der Waals surface area (Å²) in [5.74, 6) is -0.256. The molecule has 0 spiro atoms. The summed E-state index contributed by atoms with van der Waals surface area (Å²) in [6.45, 7) is 5.33. The van der Waals surface area contributed by atoms with Crippen LogP contribution in [0.2, 0.25) is 0 Å². The molecular weight excluding hydrogens is 234 g/mol. The molecule has 0 saturated carbocycles. The smallest absolute Gasteiger partial charge is 0.225 e. The Morgan fingerprint density at radius 2 is 2.06 bits per heavy atom. The Hall–Kier alpha value is -1.85. The molecule has 0 saturated heterocycles. The quantitative estimate of drug-likeness (QED) is 0.143. The molecule has 1 amide bonds. The summed E-state index contributed by atoms with van der Waals surface area (Å²) in [5.41, 5.74) is 8.55. The van der Waals surface area contributed by atoms with Gasteiger partial charge in [-0.1, -0.05) is 18.1 Å². The van der Waals surface area contributed by atoms with Crippen molar-refractivity contribution in [2.75, 3.05) is 26.2 Å². The van der Waals surface area contributed by atoms with Gasteiger partial charge in [0, 0.05) is 18.0 Å². The number of rotatable bonds is 11. The fourth-order valence-electron chi connectivity index (χ4n) is 1.22. The number of aldehydes is 1. The third-order valence-corrected chi connectivity index (χ3v) is 2.15. The average Bonchev–Trinajstić information content (AvgIpc) is 2.38. The lowest BCUT2D eigenvalue weighted by molar-refractivity contribution is -0.119. The molecule has 2 N–H and O–H groups in total. The van der Waals surface area contributed by atoms with Crippen LogP contribution in [0.25, 0.3) is 10.4 Å². The van der Waals surface area contributed by atoms with Gasteiger partial charge in [0.2, 0.25) is 5.91 Å². The number of nitrogens with zero attached hydrogens (tertiary/aromatic N) is 3. The van der Waals surface area contributed by atoms with E-state index < -0.39 is 0 Å². The maximum atomic E-state index is 11.0. The highest BCUT2D eigenvalue weighted by atomic mass is 16.1. The number of hydrogen-bond donors (Lipinski definition) is 2. The predicted molar refractivity (Wildman–Crippen MR) is 68.9 cm³/mol. The molecular formula is C11H19N5O2. The lowest BCUT2D eigenvalue weighted by atomic mass is 10.2. The van der Waals surface area contributed by atoms with Crippen LogP contribution in [0.3, 0.4) is 0 Å². The van der Waals surface area contributed by atoms with Crippen molar-refractivity contribution >= 4 is 12.2 Å². The molecule has 0 bridgehead atoms. The average molecular weight is 253 g/mol. The van der Waals surface area contributed by atoms with E-state index in [2.05, 4.69) is 27.2 Å². The number of amides is 1. The number of carbonyl (C=O) groups excluding carboxylic acids is 2. The molecule has 0 unspecified atom stereocenters. The van der Waals surface area contributed by atoms with Crippen molar-refractivity contribution in [1.82, 2.24) is 10.6 Å². The molecule has 0 heterocycles. The first-order chi connectivity index (χ1) is 8.70. The van der Waals surface area contributed by atoms with Gasteiger partial charge in [-0.05, 0) is 30.5 Å². The fraction of sp³-hybridized carbons (Fsp3) is 0.636. The Morgan fingerprint density at radius 1 is 1.33 bits per heavy atom. The van der Waals surface area contributed by atoms with Crippen LogP contribution in [0.5, 0.6) is 0 Å². The van der Waals surface area contributed by atoms with Gasteiger partial charge in [-0.15, -0.1) is 0 Å². The summed E-state index contributed by atoms with van der Waals surface area (Å²) >= 11 is 0. The molecule has 7 nitrogen and oxygen atoms in total. The zero-order chi connectivity index (χ0) is 13.6. The number of unbranched alkanes of at least 4 members (excludes halogenated alkanes) is 2. The Balaban J connectivity index is 3.25.